The van der Waals surface area contributed by atoms with Crippen LogP contribution in [0.3, 0.4) is 0 Å². The van der Waals surface area contributed by atoms with Crippen molar-refractivity contribution in [3.05, 3.63) is 112 Å². The molecule has 0 radical (unpaired) electrons. The predicted octanol–water partition coefficient (Wildman–Crippen LogP) is 8.59. The second-order valence-electron chi connectivity index (χ2n) is 11.2. The lowest BCUT2D eigenvalue weighted by Gasteiger charge is -2.22. The van der Waals surface area contributed by atoms with E-state index in [1.807, 2.05) is 50.2 Å². The van der Waals surface area contributed by atoms with Crippen LogP contribution in [0.15, 0.2) is 72.8 Å². The topological polar surface area (TPSA) is 65.0 Å². The lowest BCUT2D eigenvalue weighted by molar-refractivity contribution is -0.138. The van der Waals surface area contributed by atoms with Gasteiger partial charge in [0.05, 0.1) is 18.6 Å². The Bertz CT molecular complexity index is 1660. The van der Waals surface area contributed by atoms with Gasteiger partial charge in [-0.15, -0.1) is 0 Å². The number of aliphatic carboxylic acids is 1. The number of fused-ring (bicyclic) bond motifs is 2. The van der Waals surface area contributed by atoms with Crippen molar-refractivity contribution in [1.82, 2.24) is 0 Å². The number of rotatable bonds is 8. The number of hydrogen-bond donors (Lipinski definition) is 1. The molecule has 0 saturated heterocycles. The second kappa shape index (κ2) is 11.3. The molecule has 8 heteroatoms. The summed E-state index contributed by atoms with van der Waals surface area (Å²) in [6.45, 7) is 4.29. The molecule has 5 nitrogen and oxygen atoms in total. The minimum atomic E-state index is -4.53. The maximum absolute atomic E-state index is 14.4. The van der Waals surface area contributed by atoms with E-state index in [1.165, 1.54) is 6.07 Å². The number of benzene rings is 4. The van der Waals surface area contributed by atoms with Crippen LogP contribution in [0.4, 0.5) is 13.2 Å². The van der Waals surface area contributed by atoms with Crippen molar-refractivity contribution in [2.75, 3.05) is 6.61 Å². The van der Waals surface area contributed by atoms with Crippen LogP contribution in [-0.4, -0.2) is 17.7 Å². The normalized spacial score (nSPS) is 17.2. The summed E-state index contributed by atoms with van der Waals surface area (Å²) < 4.78 is 61.3. The highest BCUT2D eigenvalue weighted by molar-refractivity contribution is 5.80. The zero-order valence-corrected chi connectivity index (χ0v) is 23.8. The molecule has 1 aliphatic carbocycles. The van der Waals surface area contributed by atoms with Crippen LogP contribution >= 0.6 is 0 Å². The minimum absolute atomic E-state index is 0.0213. The highest BCUT2D eigenvalue weighted by Gasteiger charge is 2.39. The molecule has 0 spiro atoms. The summed E-state index contributed by atoms with van der Waals surface area (Å²) in [7, 11) is 0. The summed E-state index contributed by atoms with van der Waals surface area (Å²) in [4.78, 5) is 11.2. The van der Waals surface area contributed by atoms with Gasteiger partial charge in [-0.25, -0.2) is 0 Å². The van der Waals surface area contributed by atoms with Crippen molar-refractivity contribution in [3.63, 3.8) is 0 Å². The minimum Gasteiger partial charge on any atom is -0.492 e. The van der Waals surface area contributed by atoms with Gasteiger partial charge < -0.3 is 19.3 Å². The Hall–Kier alpha value is -4.46. The molecule has 1 N–H and O–H groups in total. The summed E-state index contributed by atoms with van der Waals surface area (Å²) in [6.07, 6.45) is -4.02. The molecule has 1 aliphatic heterocycles. The van der Waals surface area contributed by atoms with E-state index in [-0.39, 0.29) is 24.5 Å². The number of alkyl halides is 3. The lowest BCUT2D eigenvalue weighted by Crippen LogP contribution is -2.11. The molecule has 1 unspecified atom stereocenters. The molecule has 0 amide bonds. The van der Waals surface area contributed by atoms with E-state index < -0.39 is 23.8 Å². The first-order valence-corrected chi connectivity index (χ1v) is 14.2. The molecule has 0 aromatic heterocycles. The van der Waals surface area contributed by atoms with Crippen LogP contribution in [-0.2, 0) is 24.0 Å². The Morgan fingerprint density at radius 2 is 1.65 bits per heavy atom. The molecule has 1 heterocycles. The van der Waals surface area contributed by atoms with Crippen LogP contribution in [0, 0.1) is 13.8 Å². The largest absolute Gasteiger partial charge is 0.492 e. The van der Waals surface area contributed by atoms with Gasteiger partial charge in [-0.1, -0.05) is 42.5 Å². The summed E-state index contributed by atoms with van der Waals surface area (Å²) in [5, 5.41) is 9.17. The lowest BCUT2D eigenvalue weighted by atomic mass is 9.86. The molecule has 0 bridgehead atoms. The van der Waals surface area contributed by atoms with E-state index in [0.717, 1.165) is 22.8 Å². The van der Waals surface area contributed by atoms with E-state index >= 15 is 0 Å². The van der Waals surface area contributed by atoms with Crippen molar-refractivity contribution in [1.29, 1.82) is 0 Å². The molecule has 43 heavy (non-hydrogen) atoms. The van der Waals surface area contributed by atoms with E-state index in [0.29, 0.717) is 59.0 Å². The number of carboxylic acid groups (broad SMARTS) is 1. The van der Waals surface area contributed by atoms with E-state index in [4.69, 9.17) is 19.3 Å². The van der Waals surface area contributed by atoms with Crippen LogP contribution in [0.25, 0.3) is 11.1 Å². The van der Waals surface area contributed by atoms with E-state index in [1.54, 1.807) is 24.3 Å². The molecule has 2 aliphatic rings. The van der Waals surface area contributed by atoms with Crippen molar-refractivity contribution in [2.24, 2.45) is 0 Å². The highest BCUT2D eigenvalue weighted by Crippen LogP contribution is 2.48. The molecular weight excluding hydrogens is 557 g/mol. The third kappa shape index (κ3) is 5.78. The molecule has 4 aromatic carbocycles. The number of carbonyl (C=O) groups is 1. The summed E-state index contributed by atoms with van der Waals surface area (Å²) in [6, 6.07) is 21.3. The van der Waals surface area contributed by atoms with Gasteiger partial charge in [-0.3, -0.25) is 4.79 Å². The van der Waals surface area contributed by atoms with E-state index in [2.05, 4.69) is 0 Å². The van der Waals surface area contributed by atoms with Crippen LogP contribution in [0.2, 0.25) is 0 Å². The number of hydrogen-bond acceptors (Lipinski definition) is 4. The fourth-order valence-electron chi connectivity index (χ4n) is 6.33. The first kappa shape index (κ1) is 28.6. The zero-order chi connectivity index (χ0) is 30.3. The molecule has 4 aromatic rings. The van der Waals surface area contributed by atoms with Gasteiger partial charge in [-0.2, -0.15) is 13.2 Å². The Labute approximate surface area is 247 Å². The highest BCUT2D eigenvalue weighted by atomic mass is 19.4. The van der Waals surface area contributed by atoms with Crippen LogP contribution < -0.4 is 14.2 Å². The Morgan fingerprint density at radius 1 is 0.930 bits per heavy atom. The van der Waals surface area contributed by atoms with Crippen molar-refractivity contribution >= 4 is 5.97 Å². The first-order chi connectivity index (χ1) is 20.6. The number of halogens is 3. The Balaban J connectivity index is 1.31. The Kier molecular flexibility index (Phi) is 7.54. The SMILES string of the molecule is Cc1cc(OCc2ccccc2)cc(C)c1-c1c(C(F)(F)F)ccc2c1CC[C@H]2Oc1ccc2c(c1)OCC2CC(=O)O. The number of ether oxygens (including phenoxy) is 3. The number of aryl methyl sites for hydroxylation is 2. The monoisotopic (exact) mass is 588 g/mol. The molecule has 0 fully saturated rings. The van der Waals surface area contributed by atoms with E-state index in [9.17, 15) is 18.0 Å². The smallest absolute Gasteiger partial charge is 0.417 e. The van der Waals surface area contributed by atoms with Gasteiger partial charge in [0, 0.05) is 17.5 Å². The average molecular weight is 589 g/mol. The van der Waals surface area contributed by atoms with Gasteiger partial charge in [-0.05, 0) is 89.9 Å². The van der Waals surface area contributed by atoms with Crippen molar-refractivity contribution in [3.8, 4) is 28.4 Å². The zero-order valence-electron chi connectivity index (χ0n) is 23.8. The van der Waals surface area contributed by atoms with Gasteiger partial charge in [0.2, 0.25) is 0 Å². The Morgan fingerprint density at radius 3 is 2.35 bits per heavy atom. The van der Waals surface area contributed by atoms with Gasteiger partial charge in [0.25, 0.3) is 0 Å². The maximum Gasteiger partial charge on any atom is 0.417 e. The van der Waals surface area contributed by atoms with Crippen molar-refractivity contribution < 1.29 is 37.3 Å². The fourth-order valence-corrected chi connectivity index (χ4v) is 6.33. The van der Waals surface area contributed by atoms with Gasteiger partial charge in [0.15, 0.2) is 0 Å². The summed E-state index contributed by atoms with van der Waals surface area (Å²) >= 11 is 0. The third-order valence-electron chi connectivity index (χ3n) is 8.23. The second-order valence-corrected chi connectivity index (χ2v) is 11.2. The molecule has 222 valence electrons. The van der Waals surface area contributed by atoms with Gasteiger partial charge in [0.1, 0.15) is 30.0 Å². The predicted molar refractivity (Wildman–Crippen MR) is 156 cm³/mol. The summed E-state index contributed by atoms with van der Waals surface area (Å²) in [5.74, 6) is 0.600. The number of carboxylic acids is 1. The molecular formula is C35H31F3O5. The molecule has 0 saturated carbocycles. The standard InChI is InChI=1S/C35H31F3O5/c1-20-14-25(41-18-22-6-4-3-5-7-22)15-21(2)33(20)34-28-11-13-30(27(28)10-12-29(34)35(36,37)38)43-24-8-9-26-23(16-32(39)40)19-42-31(26)17-24/h3-10,12,14-15,17,23,30H,11,13,16,18-19H2,1-2H3,(H,39,40)/t23?,30-/m1/s1. The first-order valence-electron chi connectivity index (χ1n) is 14.2. The van der Waals surface area contributed by atoms with Gasteiger partial charge >= 0.3 is 12.1 Å². The molecule has 2 atom stereocenters. The van der Waals surface area contributed by atoms with Crippen LogP contribution in [0.5, 0.6) is 17.2 Å². The third-order valence-corrected chi connectivity index (χ3v) is 8.23. The van der Waals surface area contributed by atoms with Crippen molar-refractivity contribution in [2.45, 2.75) is 57.9 Å². The average Bonchev–Trinajstić information content (AvgIpc) is 3.55. The quantitative estimate of drug-likeness (QED) is 0.223. The maximum atomic E-state index is 14.4. The summed E-state index contributed by atoms with van der Waals surface area (Å²) in [5.41, 5.74) is 4.72. The van der Waals surface area contributed by atoms with Crippen LogP contribution in [0.1, 0.15) is 63.8 Å². The fraction of sp³-hybridized carbons (Fsp3) is 0.286. The molecule has 6 rings (SSSR count).